The van der Waals surface area contributed by atoms with Gasteiger partial charge in [0.15, 0.2) is 12.1 Å². The summed E-state index contributed by atoms with van der Waals surface area (Å²) in [5.41, 5.74) is 0. The third-order valence-electron chi connectivity index (χ3n) is 10.0. The van der Waals surface area contributed by atoms with Crippen molar-refractivity contribution in [3.8, 4) is 0 Å². The highest BCUT2D eigenvalue weighted by molar-refractivity contribution is 5.72. The molecule has 0 aliphatic rings. The normalized spacial score (nSPS) is 12.9. The van der Waals surface area contributed by atoms with Crippen molar-refractivity contribution in [2.75, 3.05) is 41.0 Å². The lowest BCUT2D eigenvalue weighted by Crippen LogP contribution is -2.50. The fraction of sp³-hybridized carbons (Fsp3) is 0.930. The molecule has 0 aliphatic carbocycles. The number of aliphatic carboxylic acids is 1. The molecule has 0 saturated carbocycles. The summed E-state index contributed by atoms with van der Waals surface area (Å²) in [5.74, 6) is -1.45. The first-order valence-corrected chi connectivity index (χ1v) is 21.6. The number of hydrogen-bond donors (Lipinski definition) is 1. The van der Waals surface area contributed by atoms with Crippen LogP contribution in [0.1, 0.15) is 206 Å². The second-order valence-electron chi connectivity index (χ2n) is 16.0. The number of esters is 2. The zero-order valence-electron chi connectivity index (χ0n) is 34.3. The minimum Gasteiger partial charge on any atom is -0.477 e. The van der Waals surface area contributed by atoms with Crippen molar-refractivity contribution in [2.24, 2.45) is 0 Å². The Bertz CT molecular complexity index is 813. The Hall–Kier alpha value is -1.67. The fourth-order valence-corrected chi connectivity index (χ4v) is 6.62. The molecule has 0 saturated heterocycles. The number of carbonyl (C=O) groups is 3. The lowest BCUT2D eigenvalue weighted by atomic mass is 10.0. The molecule has 0 fully saturated rings. The minimum atomic E-state index is -0.871. The summed E-state index contributed by atoms with van der Waals surface area (Å²) in [6.07, 6.45) is 34.2. The number of quaternary nitrogens is 1. The number of ether oxygens (including phenoxy) is 3. The van der Waals surface area contributed by atoms with Crippen LogP contribution in [0.15, 0.2) is 0 Å². The number of rotatable bonds is 39. The van der Waals surface area contributed by atoms with E-state index < -0.39 is 18.1 Å². The van der Waals surface area contributed by atoms with Crippen LogP contribution in [0.2, 0.25) is 0 Å². The number of likely N-dealkylation sites (N-methyl/N-ethyl adjacent to an activating group) is 1. The second kappa shape index (κ2) is 35.4. The van der Waals surface area contributed by atoms with Gasteiger partial charge < -0.3 is 23.8 Å². The van der Waals surface area contributed by atoms with Crippen LogP contribution in [-0.2, 0) is 28.6 Å². The van der Waals surface area contributed by atoms with Crippen molar-refractivity contribution in [1.29, 1.82) is 0 Å². The average Bonchev–Trinajstić information content (AvgIpc) is 3.08. The smallest absolute Gasteiger partial charge is 0.362 e. The standard InChI is InChI=1S/C43H83NO7/c1-6-8-10-12-14-16-18-19-20-21-22-24-26-28-30-32-34-42(46)51-39(37-49-36-35-40(43(47)48)44(3,4)5)38-50-41(45)33-31-29-27-25-23-17-15-13-11-9-7-2/h39-40H,6-38H2,1-5H3/p+1. The zero-order chi connectivity index (χ0) is 37.8. The van der Waals surface area contributed by atoms with Crippen LogP contribution >= 0.6 is 0 Å². The molecule has 0 bridgehead atoms. The van der Waals surface area contributed by atoms with Gasteiger partial charge in [-0.1, -0.05) is 174 Å². The molecule has 0 radical (unpaired) electrons. The van der Waals surface area contributed by atoms with Crippen molar-refractivity contribution in [1.82, 2.24) is 0 Å². The molecule has 0 amide bonds. The molecular weight excluding hydrogens is 642 g/mol. The van der Waals surface area contributed by atoms with Crippen molar-refractivity contribution >= 4 is 17.9 Å². The van der Waals surface area contributed by atoms with Gasteiger partial charge in [0.1, 0.15) is 6.61 Å². The molecule has 0 aromatic carbocycles. The van der Waals surface area contributed by atoms with Gasteiger partial charge in [-0.15, -0.1) is 0 Å². The van der Waals surface area contributed by atoms with E-state index in [1.807, 2.05) is 21.1 Å². The average molecular weight is 727 g/mol. The molecule has 0 aromatic rings. The molecule has 8 nitrogen and oxygen atoms in total. The van der Waals surface area contributed by atoms with Crippen LogP contribution < -0.4 is 0 Å². The van der Waals surface area contributed by atoms with Gasteiger partial charge in [0.05, 0.1) is 34.4 Å². The first-order valence-electron chi connectivity index (χ1n) is 21.6. The Morgan fingerprint density at radius 2 is 0.863 bits per heavy atom. The minimum absolute atomic E-state index is 0.0424. The van der Waals surface area contributed by atoms with Crippen LogP contribution in [-0.4, -0.2) is 80.6 Å². The zero-order valence-corrected chi connectivity index (χ0v) is 34.3. The Kier molecular flexibility index (Phi) is 34.2. The highest BCUT2D eigenvalue weighted by Gasteiger charge is 2.31. The van der Waals surface area contributed by atoms with E-state index >= 15 is 0 Å². The molecule has 2 atom stereocenters. The van der Waals surface area contributed by atoms with E-state index in [0.29, 0.717) is 19.3 Å². The van der Waals surface area contributed by atoms with E-state index in [1.165, 1.54) is 135 Å². The second-order valence-corrected chi connectivity index (χ2v) is 16.0. The SMILES string of the molecule is CCCCCCCCCCCCCCCCCCC(=O)OC(COCCC(C(=O)O)[N+](C)(C)C)COC(=O)CCCCCCCCCCCCC. The van der Waals surface area contributed by atoms with Gasteiger partial charge in [0, 0.05) is 19.3 Å². The number of unbranched alkanes of at least 4 members (excludes halogenated alkanes) is 25. The molecule has 0 heterocycles. The van der Waals surface area contributed by atoms with Crippen LogP contribution in [0, 0.1) is 0 Å². The van der Waals surface area contributed by atoms with Gasteiger partial charge in [-0.05, 0) is 12.8 Å². The maximum atomic E-state index is 12.7. The van der Waals surface area contributed by atoms with Gasteiger partial charge >= 0.3 is 17.9 Å². The Labute approximate surface area is 315 Å². The van der Waals surface area contributed by atoms with E-state index in [0.717, 1.165) is 38.5 Å². The summed E-state index contributed by atoms with van der Waals surface area (Å²) in [4.78, 5) is 36.9. The molecule has 0 spiro atoms. The van der Waals surface area contributed by atoms with Gasteiger partial charge in [-0.3, -0.25) is 9.59 Å². The van der Waals surface area contributed by atoms with Crippen molar-refractivity contribution in [2.45, 2.75) is 219 Å². The molecule has 51 heavy (non-hydrogen) atoms. The van der Waals surface area contributed by atoms with Gasteiger partial charge in [-0.25, -0.2) is 4.79 Å². The number of carboxylic acids is 1. The summed E-state index contributed by atoms with van der Waals surface area (Å²) >= 11 is 0. The lowest BCUT2D eigenvalue weighted by molar-refractivity contribution is -0.887. The maximum absolute atomic E-state index is 12.7. The summed E-state index contributed by atoms with van der Waals surface area (Å²) in [5, 5.41) is 9.60. The highest BCUT2D eigenvalue weighted by Crippen LogP contribution is 2.16. The Morgan fingerprint density at radius 3 is 1.22 bits per heavy atom. The van der Waals surface area contributed by atoms with Crippen LogP contribution in [0.5, 0.6) is 0 Å². The fourth-order valence-electron chi connectivity index (χ4n) is 6.62. The van der Waals surface area contributed by atoms with Crippen molar-refractivity contribution in [3.63, 3.8) is 0 Å². The van der Waals surface area contributed by atoms with E-state index in [2.05, 4.69) is 13.8 Å². The van der Waals surface area contributed by atoms with E-state index in [9.17, 15) is 19.5 Å². The maximum Gasteiger partial charge on any atom is 0.362 e. The topological polar surface area (TPSA) is 99.1 Å². The molecule has 2 unspecified atom stereocenters. The number of nitrogens with zero attached hydrogens (tertiary/aromatic N) is 1. The number of carbonyl (C=O) groups excluding carboxylic acids is 2. The summed E-state index contributed by atoms with van der Waals surface area (Å²) < 4.78 is 17.3. The highest BCUT2D eigenvalue weighted by atomic mass is 16.6. The van der Waals surface area contributed by atoms with Gasteiger partial charge in [0.25, 0.3) is 0 Å². The summed E-state index contributed by atoms with van der Waals surface area (Å²) in [7, 11) is 5.53. The predicted octanol–water partition coefficient (Wildman–Crippen LogP) is 11.4. The van der Waals surface area contributed by atoms with E-state index in [1.54, 1.807) is 0 Å². The molecule has 8 heteroatoms. The van der Waals surface area contributed by atoms with Crippen molar-refractivity contribution < 1.29 is 38.2 Å². The Morgan fingerprint density at radius 1 is 0.510 bits per heavy atom. The third-order valence-corrected chi connectivity index (χ3v) is 10.0. The van der Waals surface area contributed by atoms with Crippen LogP contribution in [0.3, 0.4) is 0 Å². The van der Waals surface area contributed by atoms with Gasteiger partial charge in [0.2, 0.25) is 0 Å². The van der Waals surface area contributed by atoms with Crippen LogP contribution in [0.4, 0.5) is 0 Å². The van der Waals surface area contributed by atoms with Crippen molar-refractivity contribution in [3.05, 3.63) is 0 Å². The molecule has 302 valence electrons. The summed E-state index contributed by atoms with van der Waals surface area (Å²) in [6.45, 7) is 4.76. The lowest BCUT2D eigenvalue weighted by Gasteiger charge is -2.31. The van der Waals surface area contributed by atoms with Gasteiger partial charge in [-0.2, -0.15) is 0 Å². The first kappa shape index (κ1) is 49.3. The predicted molar refractivity (Wildman–Crippen MR) is 211 cm³/mol. The molecule has 1 N–H and O–H groups in total. The molecule has 0 aliphatic heterocycles. The monoisotopic (exact) mass is 727 g/mol. The largest absolute Gasteiger partial charge is 0.477 e. The third kappa shape index (κ3) is 33.9. The van der Waals surface area contributed by atoms with E-state index in [-0.39, 0.29) is 36.2 Å². The molecule has 0 rings (SSSR count). The molecular formula is C43H84NO7+. The quantitative estimate of drug-likeness (QED) is 0.0382. The Balaban J connectivity index is 4.30. The summed E-state index contributed by atoms with van der Waals surface area (Å²) in [6, 6.07) is -0.607. The van der Waals surface area contributed by atoms with E-state index in [4.69, 9.17) is 14.2 Å². The first-order chi connectivity index (χ1) is 24.6. The molecule has 0 aromatic heterocycles. The van der Waals surface area contributed by atoms with Crippen LogP contribution in [0.25, 0.3) is 0 Å². The number of carboxylic acid groups (broad SMARTS) is 1. The number of hydrogen-bond acceptors (Lipinski definition) is 6.